The molecule has 0 spiro atoms. The van der Waals surface area contributed by atoms with Gasteiger partial charge in [-0.05, 0) is 56.3 Å². The van der Waals surface area contributed by atoms with Gasteiger partial charge in [0.1, 0.15) is 5.75 Å². The molecule has 1 fully saturated rings. The average molecular weight is 334 g/mol. The molecule has 1 aliphatic heterocycles. The first-order chi connectivity index (χ1) is 11.3. The molecular weight excluding hydrogens is 302 g/mol. The largest absolute Gasteiger partial charge is 0.497 e. The maximum Gasteiger partial charge on any atom is 0.118 e. The van der Waals surface area contributed by atoms with Crippen LogP contribution in [0.25, 0.3) is 4.91 Å². The zero-order valence-corrected chi connectivity index (χ0v) is 15.7. The third kappa shape index (κ3) is 5.58. The molecule has 1 heterocycles. The number of nitrogens with zero attached hydrogens (tertiary/aromatic N) is 1. The summed E-state index contributed by atoms with van der Waals surface area (Å²) in [5.41, 5.74) is 1.30. The highest BCUT2D eigenvalue weighted by atomic mass is 32.2. The first kappa shape index (κ1) is 18.4. The van der Waals surface area contributed by atoms with E-state index in [0.29, 0.717) is 6.04 Å². The van der Waals surface area contributed by atoms with Gasteiger partial charge in [0.05, 0.1) is 7.11 Å². The Labute approximate surface area is 146 Å². The van der Waals surface area contributed by atoms with E-state index in [1.807, 2.05) is 11.8 Å². The van der Waals surface area contributed by atoms with Crippen molar-refractivity contribution in [2.45, 2.75) is 51.5 Å². The van der Waals surface area contributed by atoms with Crippen molar-refractivity contribution < 1.29 is 4.74 Å². The number of rotatable bonds is 8. The van der Waals surface area contributed by atoms with Crippen molar-refractivity contribution in [2.75, 3.05) is 26.5 Å². The fourth-order valence-corrected chi connectivity index (χ4v) is 3.91. The molecule has 1 aliphatic rings. The van der Waals surface area contributed by atoms with E-state index in [9.17, 15) is 0 Å². The molecule has 128 valence electrons. The summed E-state index contributed by atoms with van der Waals surface area (Å²) in [5, 5.41) is 0. The highest BCUT2D eigenvalue weighted by molar-refractivity contribution is 8.07. The molecule has 0 radical (unpaired) electrons. The van der Waals surface area contributed by atoms with Crippen molar-refractivity contribution >= 4 is 16.7 Å². The van der Waals surface area contributed by atoms with Crippen LogP contribution >= 0.6 is 11.8 Å². The molecule has 0 N–H and O–H groups in total. The Bertz CT molecular complexity index is 477. The van der Waals surface area contributed by atoms with Crippen LogP contribution in [-0.2, 0) is 0 Å². The third-order valence-electron chi connectivity index (χ3n) is 4.65. The number of unbranched alkanes of at least 4 members (excludes halogenated alkanes) is 1. The van der Waals surface area contributed by atoms with Gasteiger partial charge in [-0.2, -0.15) is 0 Å². The lowest BCUT2D eigenvalue weighted by atomic mass is 10.0. The molecule has 0 aliphatic carbocycles. The zero-order chi connectivity index (χ0) is 16.5. The van der Waals surface area contributed by atoms with Gasteiger partial charge in [-0.1, -0.05) is 44.4 Å². The van der Waals surface area contributed by atoms with Crippen LogP contribution in [-0.4, -0.2) is 37.4 Å². The van der Waals surface area contributed by atoms with Crippen LogP contribution in [0.3, 0.4) is 0 Å². The molecule has 1 saturated heterocycles. The van der Waals surface area contributed by atoms with Crippen molar-refractivity contribution in [1.29, 1.82) is 0 Å². The summed E-state index contributed by atoms with van der Waals surface area (Å²) in [5.74, 6) is 0.924. The number of benzene rings is 1. The molecule has 23 heavy (non-hydrogen) atoms. The van der Waals surface area contributed by atoms with E-state index in [-0.39, 0.29) is 0 Å². The lowest BCUT2D eigenvalue weighted by Crippen LogP contribution is -2.38. The predicted molar refractivity (Wildman–Crippen MR) is 103 cm³/mol. The molecule has 0 amide bonds. The predicted octanol–water partition coefficient (Wildman–Crippen LogP) is 5.44. The molecule has 1 atom stereocenters. The summed E-state index contributed by atoms with van der Waals surface area (Å²) in [6, 6.07) is 9.05. The van der Waals surface area contributed by atoms with E-state index < -0.39 is 0 Å². The fourth-order valence-electron chi connectivity index (χ4n) is 3.25. The molecule has 1 aromatic rings. The number of thioether (sulfide) groups is 1. The number of piperidine rings is 1. The summed E-state index contributed by atoms with van der Waals surface area (Å²) in [7, 11) is 1.72. The van der Waals surface area contributed by atoms with E-state index in [0.717, 1.165) is 5.75 Å². The van der Waals surface area contributed by atoms with Crippen molar-refractivity contribution in [3.63, 3.8) is 0 Å². The van der Waals surface area contributed by atoms with E-state index in [1.54, 1.807) is 7.11 Å². The number of ether oxygens (including phenoxy) is 1. The van der Waals surface area contributed by atoms with Crippen molar-refractivity contribution in [3.05, 3.63) is 35.9 Å². The third-order valence-corrected chi connectivity index (χ3v) is 5.46. The Kier molecular flexibility index (Phi) is 8.04. The minimum Gasteiger partial charge on any atom is -0.497 e. The van der Waals surface area contributed by atoms with E-state index in [1.165, 1.54) is 62.1 Å². The van der Waals surface area contributed by atoms with E-state index in [4.69, 9.17) is 4.74 Å². The van der Waals surface area contributed by atoms with Crippen LogP contribution in [0.5, 0.6) is 5.75 Å². The van der Waals surface area contributed by atoms with Gasteiger partial charge in [-0.15, -0.1) is 11.8 Å². The topological polar surface area (TPSA) is 12.5 Å². The minimum atomic E-state index is 0.583. The van der Waals surface area contributed by atoms with Gasteiger partial charge in [0.25, 0.3) is 0 Å². The van der Waals surface area contributed by atoms with Gasteiger partial charge < -0.3 is 4.74 Å². The highest BCUT2D eigenvalue weighted by Crippen LogP contribution is 2.29. The molecule has 2 nitrogen and oxygen atoms in total. The molecule has 1 unspecified atom stereocenters. The smallest absolute Gasteiger partial charge is 0.118 e. The van der Waals surface area contributed by atoms with Gasteiger partial charge in [-0.25, -0.2) is 0 Å². The first-order valence-corrected chi connectivity index (χ1v) is 10.1. The van der Waals surface area contributed by atoms with Gasteiger partial charge in [-0.3, -0.25) is 4.90 Å². The van der Waals surface area contributed by atoms with E-state index >= 15 is 0 Å². The Morgan fingerprint density at radius 2 is 1.91 bits per heavy atom. The summed E-state index contributed by atoms with van der Waals surface area (Å²) in [6.07, 6.45) is 12.7. The molecule has 1 aromatic carbocycles. The van der Waals surface area contributed by atoms with Crippen LogP contribution in [0.1, 0.15) is 51.0 Å². The van der Waals surface area contributed by atoms with Crippen LogP contribution in [0.15, 0.2) is 30.3 Å². The quantitative estimate of drug-likeness (QED) is 0.628. The summed E-state index contributed by atoms with van der Waals surface area (Å²) >= 11 is 1.86. The maximum atomic E-state index is 5.28. The lowest BCUT2D eigenvalue weighted by Gasteiger charge is -2.33. The molecule has 0 aromatic heterocycles. The lowest BCUT2D eigenvalue weighted by molar-refractivity contribution is 0.182. The first-order valence-electron chi connectivity index (χ1n) is 8.92. The van der Waals surface area contributed by atoms with Crippen LogP contribution in [0.4, 0.5) is 0 Å². The second kappa shape index (κ2) is 10.0. The summed E-state index contributed by atoms with van der Waals surface area (Å²) < 4.78 is 5.28. The van der Waals surface area contributed by atoms with Crippen LogP contribution < -0.4 is 4.74 Å². The fraction of sp³-hybridized carbons (Fsp3) is 0.600. The monoisotopic (exact) mass is 333 g/mol. The van der Waals surface area contributed by atoms with Gasteiger partial charge >= 0.3 is 0 Å². The zero-order valence-electron chi connectivity index (χ0n) is 14.9. The molecular formula is C20H31NOS. The SMILES string of the molecule is CCCCC(/C=C(\SC)c1ccc(OC)cc1)N1CCCCC1. The highest BCUT2D eigenvalue weighted by Gasteiger charge is 2.19. The number of methoxy groups -OCH3 is 1. The maximum absolute atomic E-state index is 5.28. The second-order valence-corrected chi connectivity index (χ2v) is 7.12. The van der Waals surface area contributed by atoms with E-state index in [2.05, 4.69) is 48.4 Å². The van der Waals surface area contributed by atoms with Gasteiger partial charge in [0.15, 0.2) is 0 Å². The van der Waals surface area contributed by atoms with Gasteiger partial charge in [0.2, 0.25) is 0 Å². The second-order valence-electron chi connectivity index (χ2n) is 6.27. The minimum absolute atomic E-state index is 0.583. The molecule has 2 rings (SSSR count). The Morgan fingerprint density at radius 1 is 1.22 bits per heavy atom. The normalized spacial score (nSPS) is 18.0. The van der Waals surface area contributed by atoms with Crippen LogP contribution in [0.2, 0.25) is 0 Å². The van der Waals surface area contributed by atoms with Crippen molar-refractivity contribution in [3.8, 4) is 5.75 Å². The van der Waals surface area contributed by atoms with Crippen LogP contribution in [0, 0.1) is 0 Å². The van der Waals surface area contributed by atoms with Crippen molar-refractivity contribution in [2.24, 2.45) is 0 Å². The average Bonchev–Trinajstić information content (AvgIpc) is 2.63. The standard InChI is InChI=1S/C20H31NOS/c1-4-5-9-18(21-14-7-6-8-15-21)16-20(23-3)17-10-12-19(22-2)13-11-17/h10-13,16,18H,4-9,14-15H2,1-3H3/b20-16-. The Balaban J connectivity index is 2.17. The summed E-state index contributed by atoms with van der Waals surface area (Å²) in [4.78, 5) is 4.08. The number of hydrogen-bond donors (Lipinski definition) is 0. The van der Waals surface area contributed by atoms with Gasteiger partial charge in [0, 0.05) is 10.9 Å². The van der Waals surface area contributed by atoms with Crippen molar-refractivity contribution in [1.82, 2.24) is 4.90 Å². The molecule has 3 heteroatoms. The number of likely N-dealkylation sites (tertiary alicyclic amines) is 1. The molecule has 0 bridgehead atoms. The number of hydrogen-bond acceptors (Lipinski definition) is 3. The Morgan fingerprint density at radius 3 is 2.48 bits per heavy atom. The Hall–Kier alpha value is -0.930. The molecule has 0 saturated carbocycles. The summed E-state index contributed by atoms with van der Waals surface area (Å²) in [6.45, 7) is 4.81.